The zero-order valence-electron chi connectivity index (χ0n) is 24.5. The fraction of sp³-hybridized carbons (Fsp3) is 0.294. The summed E-state index contributed by atoms with van der Waals surface area (Å²) in [5.74, 6) is -5.53. The summed E-state index contributed by atoms with van der Waals surface area (Å²) in [6, 6.07) is 14.3. The molecule has 6 unspecified atom stereocenters. The maximum Gasteiger partial charge on any atom is 0.241 e. The first-order valence-electron chi connectivity index (χ1n) is 14.6. The number of halogens is 4. The van der Waals surface area contributed by atoms with E-state index in [9.17, 15) is 28.7 Å². The van der Waals surface area contributed by atoms with Gasteiger partial charge in [-0.15, -0.1) is 0 Å². The Labute approximate surface area is 296 Å². The molecule has 6 atom stereocenters. The lowest BCUT2D eigenvalue weighted by Crippen LogP contribution is -2.48. The highest BCUT2D eigenvalue weighted by molar-refractivity contribution is 14.1. The van der Waals surface area contributed by atoms with E-state index in [1.165, 1.54) is 24.1 Å². The van der Waals surface area contributed by atoms with Crippen molar-refractivity contribution < 1.29 is 33.4 Å². The normalized spacial score (nSPS) is 28.7. The standard InChI is InChI=1S/C34H26ClFI2N2O6/c1-34-22(31(43)40(33(34)45)18-7-10-24(36)23(35)13-18)14-21-19(28(34)15-11-25(38)29(41)26(12-15)46-2)8-9-20-27(21)32(44)39(30(20)42)17-5-3-16(37)4-6-17/h3-8,10-13,20-22,27-28,41H,9,14H2,1-2H3. The van der Waals surface area contributed by atoms with Crippen LogP contribution < -0.4 is 14.5 Å². The predicted molar refractivity (Wildman–Crippen MR) is 185 cm³/mol. The molecule has 46 heavy (non-hydrogen) atoms. The van der Waals surface area contributed by atoms with Gasteiger partial charge < -0.3 is 9.84 Å². The van der Waals surface area contributed by atoms with E-state index < -0.39 is 52.6 Å². The molecule has 2 heterocycles. The van der Waals surface area contributed by atoms with Gasteiger partial charge in [0.2, 0.25) is 23.6 Å². The van der Waals surface area contributed by atoms with Crippen molar-refractivity contribution in [1.82, 2.24) is 0 Å². The number of fused-ring (bicyclic) bond motifs is 4. The Hall–Kier alpha value is -3.04. The number of imide groups is 2. The van der Waals surface area contributed by atoms with E-state index in [2.05, 4.69) is 22.6 Å². The lowest BCUT2D eigenvalue weighted by Gasteiger charge is -2.49. The van der Waals surface area contributed by atoms with E-state index in [0.717, 1.165) is 20.1 Å². The fourth-order valence-corrected chi connectivity index (χ4v) is 9.19. The average Bonchev–Trinajstić information content (AvgIpc) is 3.40. The van der Waals surface area contributed by atoms with Crippen LogP contribution in [-0.2, 0) is 19.2 Å². The molecule has 0 bridgehead atoms. The Morgan fingerprint density at radius 2 is 1.63 bits per heavy atom. The molecule has 0 aromatic heterocycles. The molecule has 236 valence electrons. The van der Waals surface area contributed by atoms with Gasteiger partial charge in [0.25, 0.3) is 0 Å². The molecule has 3 aromatic carbocycles. The van der Waals surface area contributed by atoms with Crippen LogP contribution in [0.25, 0.3) is 0 Å². The van der Waals surface area contributed by atoms with Crippen LogP contribution in [0.4, 0.5) is 15.8 Å². The van der Waals surface area contributed by atoms with E-state index >= 15 is 0 Å². The Kier molecular flexibility index (Phi) is 7.75. The summed E-state index contributed by atoms with van der Waals surface area (Å²) >= 11 is 10.2. The van der Waals surface area contributed by atoms with Gasteiger partial charge in [-0.1, -0.05) is 23.3 Å². The number of methoxy groups -OCH3 is 1. The molecule has 4 amide bonds. The van der Waals surface area contributed by atoms with Crippen LogP contribution in [0.5, 0.6) is 11.5 Å². The van der Waals surface area contributed by atoms with Crippen molar-refractivity contribution in [1.29, 1.82) is 0 Å². The van der Waals surface area contributed by atoms with Crippen LogP contribution in [0.15, 0.2) is 66.2 Å². The van der Waals surface area contributed by atoms with Crippen LogP contribution in [0, 0.1) is 42.0 Å². The fourth-order valence-electron chi connectivity index (χ4n) is 8.03. The molecule has 3 aromatic rings. The lowest BCUT2D eigenvalue weighted by molar-refractivity contribution is -0.131. The van der Waals surface area contributed by atoms with Crippen LogP contribution in [0.2, 0.25) is 5.02 Å². The third kappa shape index (κ3) is 4.47. The monoisotopic (exact) mass is 866 g/mol. The molecule has 3 fully saturated rings. The molecular formula is C34H26ClFI2N2O6. The minimum atomic E-state index is -1.32. The van der Waals surface area contributed by atoms with E-state index in [0.29, 0.717) is 21.2 Å². The second-order valence-electron chi connectivity index (χ2n) is 12.3. The van der Waals surface area contributed by atoms with E-state index in [4.69, 9.17) is 16.3 Å². The van der Waals surface area contributed by atoms with E-state index in [-0.39, 0.29) is 40.4 Å². The van der Waals surface area contributed by atoms with Gasteiger partial charge >= 0.3 is 0 Å². The first-order chi connectivity index (χ1) is 21.9. The van der Waals surface area contributed by atoms with Crippen molar-refractivity contribution in [2.24, 2.45) is 29.1 Å². The number of phenols is 1. The van der Waals surface area contributed by atoms with Gasteiger partial charge in [0, 0.05) is 9.49 Å². The highest BCUT2D eigenvalue weighted by atomic mass is 127. The Morgan fingerprint density at radius 3 is 2.30 bits per heavy atom. The first kappa shape index (κ1) is 31.6. The summed E-state index contributed by atoms with van der Waals surface area (Å²) in [7, 11) is 1.43. The van der Waals surface area contributed by atoms with Crippen molar-refractivity contribution in [2.45, 2.75) is 25.7 Å². The molecule has 2 aliphatic carbocycles. The topological polar surface area (TPSA) is 104 Å². The molecule has 1 N–H and O–H groups in total. The lowest BCUT2D eigenvalue weighted by atomic mass is 9.51. The number of amides is 4. The smallest absolute Gasteiger partial charge is 0.241 e. The zero-order valence-corrected chi connectivity index (χ0v) is 29.5. The molecule has 4 aliphatic rings. The molecular weight excluding hydrogens is 841 g/mol. The van der Waals surface area contributed by atoms with Crippen LogP contribution >= 0.6 is 56.8 Å². The average molecular weight is 867 g/mol. The SMILES string of the molecule is COc1cc(C2C3=CCC4C(=O)N(c5ccc(I)cc5)C(=O)C4C3CC3C(=O)N(c4ccc(F)c(Cl)c4)C(=O)C32C)cc(I)c1O. The molecule has 1 saturated carbocycles. The number of carbonyl (C=O) groups excluding carboxylic acids is 4. The summed E-state index contributed by atoms with van der Waals surface area (Å²) in [6.07, 6.45) is 2.43. The Balaban J connectivity index is 1.39. The minimum Gasteiger partial charge on any atom is -0.504 e. The second-order valence-corrected chi connectivity index (χ2v) is 15.1. The largest absolute Gasteiger partial charge is 0.504 e. The van der Waals surface area contributed by atoms with E-state index in [1.54, 1.807) is 31.2 Å². The number of carbonyl (C=O) groups is 4. The molecule has 0 spiro atoms. The highest BCUT2D eigenvalue weighted by Crippen LogP contribution is 2.64. The number of rotatable bonds is 4. The summed E-state index contributed by atoms with van der Waals surface area (Å²) in [4.78, 5) is 59.2. The molecule has 0 radical (unpaired) electrons. The number of allylic oxidation sites excluding steroid dienone is 2. The molecule has 8 nitrogen and oxygen atoms in total. The maximum atomic E-state index is 14.6. The van der Waals surface area contributed by atoms with Crippen LogP contribution in [-0.4, -0.2) is 35.8 Å². The van der Waals surface area contributed by atoms with E-state index in [1.807, 2.05) is 40.8 Å². The Morgan fingerprint density at radius 1 is 0.935 bits per heavy atom. The van der Waals surface area contributed by atoms with Crippen LogP contribution in [0.1, 0.15) is 31.2 Å². The van der Waals surface area contributed by atoms with Gasteiger partial charge in [-0.3, -0.25) is 24.1 Å². The number of phenolic OH excluding ortho intramolecular Hbond substituents is 1. The highest BCUT2D eigenvalue weighted by Gasteiger charge is 2.67. The molecule has 7 rings (SSSR count). The quantitative estimate of drug-likeness (QED) is 0.175. The van der Waals surface area contributed by atoms with Gasteiger partial charge in [-0.25, -0.2) is 9.29 Å². The predicted octanol–water partition coefficient (Wildman–Crippen LogP) is 6.84. The molecule has 2 saturated heterocycles. The minimum absolute atomic E-state index is 0.0558. The van der Waals surface area contributed by atoms with Crippen molar-refractivity contribution in [2.75, 3.05) is 16.9 Å². The Bertz CT molecular complexity index is 1900. The second kappa shape index (κ2) is 11.3. The van der Waals surface area contributed by atoms with Crippen LogP contribution in [0.3, 0.4) is 0 Å². The number of hydrogen-bond acceptors (Lipinski definition) is 6. The molecule has 12 heteroatoms. The first-order valence-corrected chi connectivity index (χ1v) is 17.1. The zero-order chi connectivity index (χ0) is 32.8. The van der Waals surface area contributed by atoms with Gasteiger partial charge in [0.1, 0.15) is 5.82 Å². The van der Waals surface area contributed by atoms with Gasteiger partial charge in [-0.05, 0) is 131 Å². The maximum absolute atomic E-state index is 14.6. The summed E-state index contributed by atoms with van der Waals surface area (Å²) in [6.45, 7) is 1.75. The number of anilines is 2. The summed E-state index contributed by atoms with van der Waals surface area (Å²) in [5, 5.41) is 10.4. The number of benzene rings is 3. The summed E-state index contributed by atoms with van der Waals surface area (Å²) in [5.41, 5.74) is 0.759. The number of ether oxygens (including phenoxy) is 1. The van der Waals surface area contributed by atoms with Crippen molar-refractivity contribution in [3.8, 4) is 11.5 Å². The van der Waals surface area contributed by atoms with Crippen molar-refractivity contribution >= 4 is 91.8 Å². The summed E-state index contributed by atoms with van der Waals surface area (Å²) < 4.78 is 21.0. The molecule has 2 aliphatic heterocycles. The number of aromatic hydroxyl groups is 1. The van der Waals surface area contributed by atoms with Crippen molar-refractivity contribution in [3.63, 3.8) is 0 Å². The number of hydrogen-bond donors (Lipinski definition) is 1. The third-order valence-corrected chi connectivity index (χ3v) is 12.0. The van der Waals surface area contributed by atoms with Gasteiger partial charge in [-0.2, -0.15) is 0 Å². The van der Waals surface area contributed by atoms with Crippen molar-refractivity contribution in [3.05, 3.63) is 89.8 Å². The number of nitrogens with zero attached hydrogens (tertiary/aromatic N) is 2. The third-order valence-electron chi connectivity index (χ3n) is 10.1. The van der Waals surface area contributed by atoms with Gasteiger partial charge in [0.05, 0.1) is 50.2 Å². The van der Waals surface area contributed by atoms with Gasteiger partial charge in [0.15, 0.2) is 11.5 Å².